The molecule has 0 aromatic rings. The summed E-state index contributed by atoms with van der Waals surface area (Å²) in [5.41, 5.74) is 0. The Labute approximate surface area is 179 Å². The molecule has 0 spiro atoms. The summed E-state index contributed by atoms with van der Waals surface area (Å²) in [6.45, 7) is 15.1. The summed E-state index contributed by atoms with van der Waals surface area (Å²) in [6.07, 6.45) is 25.9. The van der Waals surface area contributed by atoms with E-state index in [1.807, 2.05) is 0 Å². The molecule has 0 fully saturated rings. The molecule has 2 heteroatoms. The molecule has 1 N–H and O–H groups in total. The first-order chi connectivity index (χ1) is 13.2. The molecule has 0 aliphatic carbocycles. The molecule has 0 unspecified atom stereocenters. The average Bonchev–Trinajstić information content (AvgIpc) is 2.69. The van der Waals surface area contributed by atoms with Crippen LogP contribution in [0.15, 0.2) is 0 Å². The molecule has 2 nitrogen and oxygen atoms in total. The van der Waals surface area contributed by atoms with Crippen molar-refractivity contribution in [2.75, 3.05) is 26.2 Å². The van der Waals surface area contributed by atoms with Crippen molar-refractivity contribution in [3.05, 3.63) is 0 Å². The van der Waals surface area contributed by atoms with Crippen LogP contribution < -0.4 is 0 Å². The van der Waals surface area contributed by atoms with Gasteiger partial charge in [0.25, 0.3) is 0 Å². The molecule has 0 saturated heterocycles. The Morgan fingerprint density at radius 1 is 0.357 bits per heavy atom. The van der Waals surface area contributed by atoms with Gasteiger partial charge in [0.15, 0.2) is 0 Å². The molecule has 0 saturated carbocycles. The van der Waals surface area contributed by atoms with Crippen LogP contribution in [0.5, 0.6) is 0 Å². The summed E-state index contributed by atoms with van der Waals surface area (Å²) in [6, 6.07) is 0. The summed E-state index contributed by atoms with van der Waals surface area (Å²) in [7, 11) is 0. The van der Waals surface area contributed by atoms with E-state index in [1.165, 1.54) is 146 Å². The third-order valence-electron chi connectivity index (χ3n) is 6.63. The van der Waals surface area contributed by atoms with Crippen LogP contribution in [0.25, 0.3) is 0 Å². The van der Waals surface area contributed by atoms with Gasteiger partial charge < -0.3 is 9.96 Å². The topological polar surface area (TPSA) is 30.0 Å². The number of hydrogen-bond donors (Lipinski definition) is 0. The van der Waals surface area contributed by atoms with E-state index in [1.54, 1.807) is 0 Å². The van der Waals surface area contributed by atoms with Crippen LogP contribution in [0.3, 0.4) is 0 Å². The van der Waals surface area contributed by atoms with Gasteiger partial charge in [0.1, 0.15) is 0 Å². The maximum Gasteiger partial charge on any atom is 0.0786 e. The second-order valence-corrected chi connectivity index (χ2v) is 9.13. The van der Waals surface area contributed by atoms with Crippen molar-refractivity contribution in [3.63, 3.8) is 0 Å². The number of quaternary nitrogens is 1. The highest BCUT2D eigenvalue weighted by molar-refractivity contribution is 4.52. The molecule has 0 aromatic carbocycles. The smallest absolute Gasteiger partial charge is 0.0786 e. The molecule has 0 aliphatic rings. The van der Waals surface area contributed by atoms with Crippen molar-refractivity contribution >= 4 is 0 Å². The van der Waals surface area contributed by atoms with Gasteiger partial charge in [0, 0.05) is 0 Å². The van der Waals surface area contributed by atoms with E-state index in [0.29, 0.717) is 0 Å². The third kappa shape index (κ3) is 18.0. The van der Waals surface area contributed by atoms with Crippen LogP contribution in [0, 0.1) is 0 Å². The summed E-state index contributed by atoms with van der Waals surface area (Å²) < 4.78 is 1.43. The molecule has 0 radical (unpaired) electrons. The van der Waals surface area contributed by atoms with E-state index >= 15 is 0 Å². The van der Waals surface area contributed by atoms with Gasteiger partial charge in [-0.3, -0.25) is 0 Å². The first-order valence-electron chi connectivity index (χ1n) is 13.1. The zero-order valence-corrected chi connectivity index (χ0v) is 20.5. The van der Waals surface area contributed by atoms with Gasteiger partial charge in [-0.05, 0) is 45.4 Å². The Morgan fingerprint density at radius 3 is 0.857 bits per heavy atom. The number of rotatable bonds is 22. The van der Waals surface area contributed by atoms with Crippen molar-refractivity contribution < 1.29 is 9.96 Å². The average molecular weight is 400 g/mol. The first kappa shape index (κ1) is 30.1. The molecule has 0 aliphatic heterocycles. The Balaban J connectivity index is 0. The molecule has 28 heavy (non-hydrogen) atoms. The fourth-order valence-corrected chi connectivity index (χ4v) is 4.49. The minimum Gasteiger partial charge on any atom is -0.870 e. The molecular weight excluding hydrogens is 342 g/mol. The Morgan fingerprint density at radius 2 is 0.607 bits per heavy atom. The minimum atomic E-state index is 0. The maximum absolute atomic E-state index is 2.46. The normalized spacial score (nSPS) is 11.6. The van der Waals surface area contributed by atoms with Crippen LogP contribution in [0.1, 0.15) is 143 Å². The monoisotopic (exact) mass is 399 g/mol. The van der Waals surface area contributed by atoms with E-state index in [0.717, 1.165) is 0 Å². The van der Waals surface area contributed by atoms with E-state index in [-0.39, 0.29) is 5.48 Å². The molecular formula is C26H57NO. The maximum atomic E-state index is 2.46. The third-order valence-corrected chi connectivity index (χ3v) is 6.63. The molecule has 0 rings (SSSR count). The summed E-state index contributed by atoms with van der Waals surface area (Å²) in [5, 5.41) is 0. The highest BCUT2D eigenvalue weighted by atomic mass is 16.0. The lowest BCUT2D eigenvalue weighted by Crippen LogP contribution is -2.50. The Bertz CT molecular complexity index is 239. The lowest BCUT2D eigenvalue weighted by Gasteiger charge is -2.38. The lowest BCUT2D eigenvalue weighted by atomic mass is 10.1. The van der Waals surface area contributed by atoms with Crippen LogP contribution in [-0.2, 0) is 0 Å². The number of nitrogens with zero attached hydrogens (tertiary/aromatic N) is 1. The molecule has 0 bridgehead atoms. The van der Waals surface area contributed by atoms with Crippen LogP contribution in [0.4, 0.5) is 0 Å². The summed E-state index contributed by atoms with van der Waals surface area (Å²) >= 11 is 0. The zero-order chi connectivity index (χ0) is 20.1. The van der Waals surface area contributed by atoms with Gasteiger partial charge in [-0.1, -0.05) is 97.8 Å². The SMILES string of the molecule is CCCCCCCC[N+](CC)(CCCCCCCC)CCCCCCCC.[OH-]. The quantitative estimate of drug-likeness (QED) is 0.132. The van der Waals surface area contributed by atoms with E-state index < -0.39 is 0 Å². The van der Waals surface area contributed by atoms with Crippen molar-refractivity contribution in [2.45, 2.75) is 143 Å². The second kappa shape index (κ2) is 23.2. The number of hydrogen-bond acceptors (Lipinski definition) is 1. The summed E-state index contributed by atoms with van der Waals surface area (Å²) in [5.74, 6) is 0. The predicted octanol–water partition coefficient (Wildman–Crippen LogP) is 8.73. The number of unbranched alkanes of at least 4 members (excludes halogenated alkanes) is 15. The van der Waals surface area contributed by atoms with E-state index in [9.17, 15) is 0 Å². The van der Waals surface area contributed by atoms with Gasteiger partial charge in [-0.25, -0.2) is 0 Å². The highest BCUT2D eigenvalue weighted by Crippen LogP contribution is 2.18. The predicted molar refractivity (Wildman–Crippen MR) is 127 cm³/mol. The van der Waals surface area contributed by atoms with Crippen molar-refractivity contribution in [3.8, 4) is 0 Å². The molecule has 0 atom stereocenters. The van der Waals surface area contributed by atoms with Crippen molar-refractivity contribution in [1.82, 2.24) is 0 Å². The highest BCUT2D eigenvalue weighted by Gasteiger charge is 2.23. The van der Waals surface area contributed by atoms with Crippen molar-refractivity contribution in [1.29, 1.82) is 0 Å². The minimum absolute atomic E-state index is 0. The van der Waals surface area contributed by atoms with Gasteiger partial charge in [0.05, 0.1) is 26.2 Å². The molecule has 0 amide bonds. The zero-order valence-electron chi connectivity index (χ0n) is 20.5. The van der Waals surface area contributed by atoms with Crippen molar-refractivity contribution in [2.24, 2.45) is 0 Å². The lowest BCUT2D eigenvalue weighted by molar-refractivity contribution is -0.927. The standard InChI is InChI=1S/C26H56N.H2O/c1-5-9-12-15-18-21-24-27(8-4,25-22-19-16-13-10-6-2)26-23-20-17-14-11-7-3;/h5-26H2,1-4H3;1H2/q+1;/p-1. The van der Waals surface area contributed by atoms with E-state index in [2.05, 4.69) is 27.7 Å². The first-order valence-corrected chi connectivity index (χ1v) is 13.1. The van der Waals surface area contributed by atoms with Crippen LogP contribution >= 0.6 is 0 Å². The Kier molecular flexibility index (Phi) is 25.0. The largest absolute Gasteiger partial charge is 0.870 e. The Hall–Kier alpha value is -0.0800. The second-order valence-electron chi connectivity index (χ2n) is 9.13. The molecule has 0 heterocycles. The fraction of sp³-hybridized carbons (Fsp3) is 1.00. The van der Waals surface area contributed by atoms with Gasteiger partial charge in [-0.15, -0.1) is 0 Å². The van der Waals surface area contributed by atoms with Gasteiger partial charge in [-0.2, -0.15) is 0 Å². The van der Waals surface area contributed by atoms with Crippen LogP contribution in [0.2, 0.25) is 0 Å². The molecule has 172 valence electrons. The van der Waals surface area contributed by atoms with Crippen LogP contribution in [-0.4, -0.2) is 36.1 Å². The summed E-state index contributed by atoms with van der Waals surface area (Å²) in [4.78, 5) is 0. The van der Waals surface area contributed by atoms with Gasteiger partial charge >= 0.3 is 0 Å². The van der Waals surface area contributed by atoms with E-state index in [4.69, 9.17) is 0 Å². The fourth-order valence-electron chi connectivity index (χ4n) is 4.49. The van der Waals surface area contributed by atoms with Gasteiger partial charge in [0.2, 0.25) is 0 Å². The molecule has 0 aromatic heterocycles.